The lowest BCUT2D eigenvalue weighted by Gasteiger charge is -2.03. The summed E-state index contributed by atoms with van der Waals surface area (Å²) in [7, 11) is 0. The van der Waals surface area contributed by atoms with E-state index in [9.17, 15) is 9.18 Å². The molecule has 0 aliphatic carbocycles. The maximum atomic E-state index is 13.6. The molecule has 3 heterocycles. The molecule has 0 spiro atoms. The van der Waals surface area contributed by atoms with Crippen LogP contribution in [0.1, 0.15) is 0 Å². The highest BCUT2D eigenvalue weighted by molar-refractivity contribution is 6.31. The highest BCUT2D eigenvalue weighted by Crippen LogP contribution is 2.22. The smallest absolute Gasteiger partial charge is 0.347 e. The Balaban J connectivity index is 1.81. The molecule has 0 aliphatic rings. The Hall–Kier alpha value is -3.13. The molecule has 7 nitrogen and oxygen atoms in total. The maximum Gasteiger partial charge on any atom is 0.347 e. The van der Waals surface area contributed by atoms with Crippen molar-refractivity contribution in [3.63, 3.8) is 0 Å². The van der Waals surface area contributed by atoms with Gasteiger partial charge in [0.05, 0.1) is 15.9 Å². The van der Waals surface area contributed by atoms with Crippen molar-refractivity contribution in [1.82, 2.24) is 24.7 Å². The van der Waals surface area contributed by atoms with E-state index in [1.54, 1.807) is 35.4 Å². The van der Waals surface area contributed by atoms with Crippen LogP contribution >= 0.6 is 11.6 Å². The summed E-state index contributed by atoms with van der Waals surface area (Å²) in [6, 6.07) is 5.51. The van der Waals surface area contributed by atoms with Crippen molar-refractivity contribution in [3.8, 4) is 17.4 Å². The number of hydrogen-bond acceptors (Lipinski definition) is 6. The largest absolute Gasteiger partial charge is 0.401 e. The summed E-state index contributed by atoms with van der Waals surface area (Å²) in [4.78, 5) is 20.1. The predicted octanol–water partition coefficient (Wildman–Crippen LogP) is 2.62. The van der Waals surface area contributed by atoms with Gasteiger partial charge in [0.25, 0.3) is 5.89 Å². The number of hydrogen-bond donors (Lipinski definition) is 0. The molecule has 24 heavy (non-hydrogen) atoms. The molecular weight excluding hydrogens is 337 g/mol. The van der Waals surface area contributed by atoms with E-state index in [0.717, 1.165) is 6.07 Å². The van der Waals surface area contributed by atoms with E-state index in [4.69, 9.17) is 16.0 Å². The number of benzene rings is 1. The first-order chi connectivity index (χ1) is 11.6. The second kappa shape index (κ2) is 5.50. The van der Waals surface area contributed by atoms with Crippen LogP contribution in [0.4, 0.5) is 4.39 Å². The molecule has 0 atom stereocenters. The fraction of sp³-hybridized carbons (Fsp3) is 0. The molecule has 9 heteroatoms. The van der Waals surface area contributed by atoms with Crippen LogP contribution in [0, 0.1) is 5.82 Å². The maximum absolute atomic E-state index is 13.6. The van der Waals surface area contributed by atoms with Gasteiger partial charge in [0.2, 0.25) is 0 Å². The van der Waals surface area contributed by atoms with Gasteiger partial charge in [-0.1, -0.05) is 11.6 Å². The zero-order chi connectivity index (χ0) is 16.7. The molecule has 0 radical (unpaired) electrons. The van der Waals surface area contributed by atoms with Gasteiger partial charge in [-0.2, -0.15) is 0 Å². The van der Waals surface area contributed by atoms with E-state index < -0.39 is 11.4 Å². The van der Waals surface area contributed by atoms with Crippen LogP contribution in [0.15, 0.2) is 52.2 Å². The van der Waals surface area contributed by atoms with Gasteiger partial charge < -0.3 is 4.42 Å². The van der Waals surface area contributed by atoms with Gasteiger partial charge in [-0.25, -0.2) is 19.2 Å². The molecule has 0 unspecified atom stereocenters. The Bertz CT molecular complexity index is 1090. The average molecular weight is 344 g/mol. The van der Waals surface area contributed by atoms with Crippen LogP contribution in [-0.2, 0) is 0 Å². The first-order valence-corrected chi connectivity index (χ1v) is 7.12. The lowest BCUT2D eigenvalue weighted by Crippen LogP contribution is -2.05. The first-order valence-electron chi connectivity index (χ1n) is 6.74. The number of aromatic nitrogens is 5. The minimum atomic E-state index is -0.683. The topological polar surface area (TPSA) is 86.7 Å². The van der Waals surface area contributed by atoms with Crippen LogP contribution in [0.25, 0.3) is 28.3 Å². The minimum Gasteiger partial charge on any atom is -0.401 e. The average Bonchev–Trinajstić information content (AvgIpc) is 3.11. The minimum absolute atomic E-state index is 0.0566. The molecule has 0 amide bonds. The van der Waals surface area contributed by atoms with Crippen molar-refractivity contribution >= 4 is 22.5 Å². The first kappa shape index (κ1) is 14.5. The fourth-order valence-electron chi connectivity index (χ4n) is 2.15. The van der Waals surface area contributed by atoms with E-state index in [2.05, 4.69) is 20.2 Å². The zero-order valence-electron chi connectivity index (χ0n) is 11.8. The standard InChI is InChI=1S/C15H7ClFN5O2/c16-9-5-8-12(6-10(9)17)19-14(24-15(8)23)11-1-2-13(21-20-11)22-4-3-18-7-22/h1-7H. The summed E-state index contributed by atoms with van der Waals surface area (Å²) in [5.41, 5.74) is -0.311. The molecule has 0 aliphatic heterocycles. The molecule has 0 bridgehead atoms. The third kappa shape index (κ3) is 2.42. The molecular formula is C15H7ClFN5O2. The second-order valence-electron chi connectivity index (χ2n) is 4.84. The van der Waals surface area contributed by atoms with E-state index in [0.29, 0.717) is 5.82 Å². The zero-order valence-corrected chi connectivity index (χ0v) is 12.6. The van der Waals surface area contributed by atoms with Crippen molar-refractivity contribution < 1.29 is 8.81 Å². The summed E-state index contributed by atoms with van der Waals surface area (Å²) in [6.07, 6.45) is 4.90. The summed E-state index contributed by atoms with van der Waals surface area (Å²) < 4.78 is 20.4. The normalized spacial score (nSPS) is 11.1. The Morgan fingerprint density at radius 1 is 1.21 bits per heavy atom. The number of nitrogens with zero attached hydrogens (tertiary/aromatic N) is 5. The van der Waals surface area contributed by atoms with Gasteiger partial charge in [-0.3, -0.25) is 4.57 Å². The number of halogens is 2. The fourth-order valence-corrected chi connectivity index (χ4v) is 2.31. The lowest BCUT2D eigenvalue weighted by molar-refractivity contribution is 0.514. The highest BCUT2D eigenvalue weighted by atomic mass is 35.5. The van der Waals surface area contributed by atoms with Gasteiger partial charge in [0.1, 0.15) is 17.8 Å². The number of rotatable bonds is 2. The summed E-state index contributed by atoms with van der Waals surface area (Å²) in [5, 5.41) is 7.91. The molecule has 4 aromatic rings. The lowest BCUT2D eigenvalue weighted by atomic mass is 10.2. The summed E-state index contributed by atoms with van der Waals surface area (Å²) in [6.45, 7) is 0. The third-order valence-corrected chi connectivity index (χ3v) is 3.60. The molecule has 4 rings (SSSR count). The Labute approximate surface area is 138 Å². The van der Waals surface area contributed by atoms with E-state index >= 15 is 0 Å². The van der Waals surface area contributed by atoms with Crippen LogP contribution in [0.2, 0.25) is 5.02 Å². The van der Waals surface area contributed by atoms with Gasteiger partial charge in [-0.05, 0) is 18.2 Å². The number of imidazole rings is 1. The Kier molecular flexibility index (Phi) is 3.31. The predicted molar refractivity (Wildman–Crippen MR) is 83.4 cm³/mol. The summed E-state index contributed by atoms with van der Waals surface area (Å²) in [5.74, 6) is -0.189. The van der Waals surface area contributed by atoms with E-state index in [1.165, 1.54) is 6.07 Å². The molecule has 0 saturated carbocycles. The van der Waals surface area contributed by atoms with Crippen LogP contribution in [-0.4, -0.2) is 24.7 Å². The molecule has 0 N–H and O–H groups in total. The molecule has 0 fully saturated rings. The van der Waals surface area contributed by atoms with E-state index in [1.807, 2.05) is 0 Å². The quantitative estimate of drug-likeness (QED) is 0.556. The van der Waals surface area contributed by atoms with E-state index in [-0.39, 0.29) is 27.5 Å². The summed E-state index contributed by atoms with van der Waals surface area (Å²) >= 11 is 5.67. The van der Waals surface area contributed by atoms with Crippen LogP contribution in [0.3, 0.4) is 0 Å². The highest BCUT2D eigenvalue weighted by Gasteiger charge is 2.13. The van der Waals surface area contributed by atoms with Gasteiger partial charge in [0.15, 0.2) is 5.82 Å². The van der Waals surface area contributed by atoms with Gasteiger partial charge >= 0.3 is 5.63 Å². The molecule has 3 aromatic heterocycles. The van der Waals surface area contributed by atoms with Crippen molar-refractivity contribution in [1.29, 1.82) is 0 Å². The monoisotopic (exact) mass is 343 g/mol. The van der Waals surface area contributed by atoms with Crippen molar-refractivity contribution in [3.05, 3.63) is 64.2 Å². The van der Waals surface area contributed by atoms with Crippen LogP contribution < -0.4 is 5.63 Å². The third-order valence-electron chi connectivity index (χ3n) is 3.31. The van der Waals surface area contributed by atoms with Crippen molar-refractivity contribution in [2.24, 2.45) is 0 Å². The molecule has 0 saturated heterocycles. The SMILES string of the molecule is O=c1oc(-c2ccc(-n3ccnc3)nn2)nc2cc(F)c(Cl)cc12. The van der Waals surface area contributed by atoms with Gasteiger partial charge in [0, 0.05) is 18.5 Å². The number of fused-ring (bicyclic) bond motifs is 1. The Morgan fingerprint density at radius 3 is 2.79 bits per heavy atom. The second-order valence-corrected chi connectivity index (χ2v) is 5.24. The molecule has 118 valence electrons. The Morgan fingerprint density at radius 2 is 2.08 bits per heavy atom. The van der Waals surface area contributed by atoms with Crippen molar-refractivity contribution in [2.45, 2.75) is 0 Å². The van der Waals surface area contributed by atoms with Crippen LogP contribution in [0.5, 0.6) is 0 Å². The van der Waals surface area contributed by atoms with Gasteiger partial charge in [-0.15, -0.1) is 10.2 Å². The van der Waals surface area contributed by atoms with Crippen molar-refractivity contribution in [2.75, 3.05) is 0 Å². The molecule has 1 aromatic carbocycles.